The van der Waals surface area contributed by atoms with Crippen LogP contribution in [0.4, 0.5) is 14.5 Å². The standard InChI is InChI=1S/C17H14F2N2O2/c18-14-6-2-5-11(15(14)19)12-8-13(12)17(23)21-10-4-1-3-9(7-10)16(20)22/h1-7,12-13H,8H2,(H2,20,22)(H,21,23). The van der Waals surface area contributed by atoms with E-state index in [0.29, 0.717) is 12.1 Å². The Labute approximate surface area is 131 Å². The Kier molecular flexibility index (Phi) is 3.82. The Balaban J connectivity index is 1.70. The number of nitrogens with one attached hydrogen (secondary N) is 1. The van der Waals surface area contributed by atoms with E-state index in [9.17, 15) is 18.4 Å². The fourth-order valence-electron chi connectivity index (χ4n) is 2.62. The summed E-state index contributed by atoms with van der Waals surface area (Å²) in [6.45, 7) is 0. The second kappa shape index (κ2) is 5.79. The maximum Gasteiger partial charge on any atom is 0.248 e. The van der Waals surface area contributed by atoms with Crippen LogP contribution in [0.15, 0.2) is 42.5 Å². The smallest absolute Gasteiger partial charge is 0.248 e. The van der Waals surface area contributed by atoms with Crippen molar-refractivity contribution >= 4 is 17.5 Å². The lowest BCUT2D eigenvalue weighted by molar-refractivity contribution is -0.117. The van der Waals surface area contributed by atoms with E-state index in [2.05, 4.69) is 5.32 Å². The number of hydrogen-bond acceptors (Lipinski definition) is 2. The number of rotatable bonds is 4. The summed E-state index contributed by atoms with van der Waals surface area (Å²) >= 11 is 0. The van der Waals surface area contributed by atoms with Crippen LogP contribution in [0, 0.1) is 17.6 Å². The molecule has 118 valence electrons. The second-order valence-electron chi connectivity index (χ2n) is 5.53. The number of benzene rings is 2. The van der Waals surface area contributed by atoms with Crippen molar-refractivity contribution in [3.8, 4) is 0 Å². The van der Waals surface area contributed by atoms with Crippen LogP contribution in [-0.4, -0.2) is 11.8 Å². The molecule has 2 unspecified atom stereocenters. The topological polar surface area (TPSA) is 72.2 Å². The monoisotopic (exact) mass is 316 g/mol. The molecule has 0 spiro atoms. The van der Waals surface area contributed by atoms with Crippen molar-refractivity contribution in [2.75, 3.05) is 5.32 Å². The lowest BCUT2D eigenvalue weighted by Gasteiger charge is -2.07. The lowest BCUT2D eigenvalue weighted by atomic mass is 10.1. The van der Waals surface area contributed by atoms with Gasteiger partial charge in [0, 0.05) is 17.2 Å². The van der Waals surface area contributed by atoms with Gasteiger partial charge in [0.05, 0.1) is 0 Å². The van der Waals surface area contributed by atoms with E-state index in [-0.39, 0.29) is 23.0 Å². The van der Waals surface area contributed by atoms with Gasteiger partial charge in [-0.3, -0.25) is 9.59 Å². The molecule has 0 aromatic heterocycles. The molecule has 2 amide bonds. The van der Waals surface area contributed by atoms with Crippen LogP contribution in [0.1, 0.15) is 28.3 Å². The number of hydrogen-bond donors (Lipinski definition) is 2. The molecule has 4 nitrogen and oxygen atoms in total. The molecular formula is C17H14F2N2O2. The number of anilines is 1. The van der Waals surface area contributed by atoms with Crippen molar-refractivity contribution in [3.05, 3.63) is 65.2 Å². The van der Waals surface area contributed by atoms with Crippen molar-refractivity contribution in [2.45, 2.75) is 12.3 Å². The highest BCUT2D eigenvalue weighted by molar-refractivity contribution is 5.98. The van der Waals surface area contributed by atoms with Gasteiger partial charge in [-0.05, 0) is 42.2 Å². The van der Waals surface area contributed by atoms with Crippen LogP contribution in [0.3, 0.4) is 0 Å². The average molecular weight is 316 g/mol. The fourth-order valence-corrected chi connectivity index (χ4v) is 2.62. The van der Waals surface area contributed by atoms with Crippen LogP contribution < -0.4 is 11.1 Å². The quantitative estimate of drug-likeness (QED) is 0.910. The first-order valence-electron chi connectivity index (χ1n) is 7.12. The van der Waals surface area contributed by atoms with Crippen LogP contribution in [0.25, 0.3) is 0 Å². The Morgan fingerprint density at radius 2 is 1.87 bits per heavy atom. The second-order valence-corrected chi connectivity index (χ2v) is 5.53. The Morgan fingerprint density at radius 3 is 2.61 bits per heavy atom. The van der Waals surface area contributed by atoms with Crippen molar-refractivity contribution in [1.29, 1.82) is 0 Å². The first-order chi connectivity index (χ1) is 11.0. The summed E-state index contributed by atoms with van der Waals surface area (Å²) < 4.78 is 27.0. The van der Waals surface area contributed by atoms with E-state index in [1.165, 1.54) is 18.2 Å². The third kappa shape index (κ3) is 3.06. The molecule has 1 aliphatic carbocycles. The van der Waals surface area contributed by atoms with Gasteiger partial charge in [0.15, 0.2) is 11.6 Å². The molecule has 2 atom stereocenters. The minimum atomic E-state index is -0.914. The SMILES string of the molecule is NC(=O)c1cccc(NC(=O)C2CC2c2cccc(F)c2F)c1. The number of nitrogens with two attached hydrogens (primary N) is 1. The third-order valence-corrected chi connectivity index (χ3v) is 3.92. The molecule has 3 rings (SSSR count). The van der Waals surface area contributed by atoms with E-state index >= 15 is 0 Å². The van der Waals surface area contributed by atoms with Gasteiger partial charge in [0.25, 0.3) is 0 Å². The highest BCUT2D eigenvalue weighted by atomic mass is 19.2. The first kappa shape index (κ1) is 15.1. The number of halogens is 2. The van der Waals surface area contributed by atoms with E-state index in [0.717, 1.165) is 6.07 Å². The molecule has 2 aromatic rings. The van der Waals surface area contributed by atoms with Crippen molar-refractivity contribution in [3.63, 3.8) is 0 Å². The van der Waals surface area contributed by atoms with E-state index in [4.69, 9.17) is 5.73 Å². The molecule has 1 aliphatic rings. The minimum Gasteiger partial charge on any atom is -0.366 e. The lowest BCUT2D eigenvalue weighted by Crippen LogP contribution is -2.16. The maximum atomic E-state index is 13.7. The Morgan fingerprint density at radius 1 is 1.13 bits per heavy atom. The molecule has 0 radical (unpaired) electrons. The summed E-state index contributed by atoms with van der Waals surface area (Å²) in [6, 6.07) is 10.2. The molecule has 6 heteroatoms. The van der Waals surface area contributed by atoms with Crippen LogP contribution in [-0.2, 0) is 4.79 Å². The minimum absolute atomic E-state index is 0.219. The molecule has 0 aliphatic heterocycles. The van der Waals surface area contributed by atoms with Crippen LogP contribution in [0.2, 0.25) is 0 Å². The van der Waals surface area contributed by atoms with Gasteiger partial charge in [0.1, 0.15) is 0 Å². The molecule has 23 heavy (non-hydrogen) atoms. The highest BCUT2D eigenvalue weighted by Gasteiger charge is 2.45. The number of carbonyl (C=O) groups excluding carboxylic acids is 2. The van der Waals surface area contributed by atoms with Gasteiger partial charge in [-0.25, -0.2) is 8.78 Å². The van der Waals surface area contributed by atoms with E-state index < -0.39 is 23.5 Å². The number of primary amides is 1. The zero-order valence-corrected chi connectivity index (χ0v) is 12.1. The molecule has 2 aromatic carbocycles. The first-order valence-corrected chi connectivity index (χ1v) is 7.12. The van der Waals surface area contributed by atoms with Gasteiger partial charge < -0.3 is 11.1 Å². The summed E-state index contributed by atoms with van der Waals surface area (Å²) in [7, 11) is 0. The summed E-state index contributed by atoms with van der Waals surface area (Å²) in [4.78, 5) is 23.3. The summed E-state index contributed by atoms with van der Waals surface area (Å²) in [5.41, 5.74) is 6.13. The summed E-state index contributed by atoms with van der Waals surface area (Å²) in [6.07, 6.45) is 0.460. The number of amides is 2. The predicted octanol–water partition coefficient (Wildman–Crippen LogP) is 2.81. The summed E-state index contributed by atoms with van der Waals surface area (Å²) in [5, 5.41) is 2.67. The zero-order chi connectivity index (χ0) is 16.6. The van der Waals surface area contributed by atoms with Crippen molar-refractivity contribution in [2.24, 2.45) is 11.7 Å². The normalized spacial score (nSPS) is 19.2. The molecule has 0 saturated heterocycles. The number of carbonyl (C=O) groups is 2. The summed E-state index contributed by atoms with van der Waals surface area (Å²) in [5.74, 6) is -3.44. The van der Waals surface area contributed by atoms with Gasteiger partial charge in [-0.2, -0.15) is 0 Å². The van der Waals surface area contributed by atoms with Gasteiger partial charge >= 0.3 is 0 Å². The third-order valence-electron chi connectivity index (χ3n) is 3.92. The predicted molar refractivity (Wildman–Crippen MR) is 80.8 cm³/mol. The van der Waals surface area contributed by atoms with Crippen molar-refractivity contribution in [1.82, 2.24) is 0 Å². The molecular weight excluding hydrogens is 302 g/mol. The maximum absolute atomic E-state index is 13.7. The average Bonchev–Trinajstić information content (AvgIpc) is 3.31. The van der Waals surface area contributed by atoms with Gasteiger partial charge in [-0.15, -0.1) is 0 Å². The molecule has 3 N–H and O–H groups in total. The van der Waals surface area contributed by atoms with Crippen LogP contribution >= 0.6 is 0 Å². The zero-order valence-electron chi connectivity index (χ0n) is 12.1. The van der Waals surface area contributed by atoms with E-state index in [1.54, 1.807) is 18.2 Å². The Hall–Kier alpha value is -2.76. The largest absolute Gasteiger partial charge is 0.366 e. The van der Waals surface area contributed by atoms with Crippen molar-refractivity contribution < 1.29 is 18.4 Å². The highest BCUT2D eigenvalue weighted by Crippen LogP contribution is 2.49. The van der Waals surface area contributed by atoms with Gasteiger partial charge in [0.2, 0.25) is 11.8 Å². The Bertz CT molecular complexity index is 792. The van der Waals surface area contributed by atoms with E-state index in [1.807, 2.05) is 0 Å². The molecule has 0 heterocycles. The molecule has 0 bridgehead atoms. The fraction of sp³-hybridized carbons (Fsp3) is 0.176. The molecule has 1 fully saturated rings. The van der Waals surface area contributed by atoms with Crippen LogP contribution in [0.5, 0.6) is 0 Å². The molecule has 1 saturated carbocycles. The van der Waals surface area contributed by atoms with Gasteiger partial charge in [-0.1, -0.05) is 18.2 Å².